The minimum absolute atomic E-state index is 0.0641. The van der Waals surface area contributed by atoms with Crippen LogP contribution < -0.4 is 14.8 Å². The lowest BCUT2D eigenvalue weighted by atomic mass is 10.2. The predicted octanol–water partition coefficient (Wildman–Crippen LogP) is 4.16. The van der Waals surface area contributed by atoms with E-state index in [2.05, 4.69) is 5.32 Å². The minimum Gasteiger partial charge on any atom is -0.497 e. The molecule has 1 aliphatic heterocycles. The van der Waals surface area contributed by atoms with E-state index in [1.54, 1.807) is 43.5 Å². The van der Waals surface area contributed by atoms with Crippen LogP contribution in [0.1, 0.15) is 5.56 Å². The fraction of sp³-hybridized carbons (Fsp3) is 0.192. The first-order chi connectivity index (χ1) is 17.0. The van der Waals surface area contributed by atoms with Crippen LogP contribution in [0, 0.1) is 0 Å². The number of amides is 1. The maximum absolute atomic E-state index is 13.2. The molecule has 8 nitrogen and oxygen atoms in total. The highest BCUT2D eigenvalue weighted by Crippen LogP contribution is 2.33. The van der Waals surface area contributed by atoms with Crippen molar-refractivity contribution in [3.05, 3.63) is 84.4 Å². The van der Waals surface area contributed by atoms with Crippen molar-refractivity contribution < 1.29 is 27.4 Å². The van der Waals surface area contributed by atoms with Gasteiger partial charge in [-0.15, -0.1) is 0 Å². The molecule has 1 aliphatic rings. The van der Waals surface area contributed by atoms with Gasteiger partial charge in [0.1, 0.15) is 11.5 Å². The second-order valence-corrected chi connectivity index (χ2v) is 9.62. The molecule has 0 saturated carbocycles. The summed E-state index contributed by atoms with van der Waals surface area (Å²) in [5.41, 5.74) is 1.05. The Morgan fingerprint density at radius 2 is 1.69 bits per heavy atom. The van der Waals surface area contributed by atoms with E-state index in [0.717, 1.165) is 5.56 Å². The van der Waals surface area contributed by atoms with Gasteiger partial charge in [-0.3, -0.25) is 4.79 Å². The normalized spacial score (nSPS) is 14.5. The maximum Gasteiger partial charge on any atom is 0.248 e. The molecule has 0 spiro atoms. The number of nitrogens with one attached hydrogen (secondary N) is 1. The zero-order valence-corrected chi connectivity index (χ0v) is 20.0. The molecular weight excluding hydrogens is 468 g/mol. The summed E-state index contributed by atoms with van der Waals surface area (Å²) in [6.45, 7) is 1.23. The smallest absolute Gasteiger partial charge is 0.248 e. The molecule has 3 aromatic carbocycles. The molecule has 182 valence electrons. The van der Waals surface area contributed by atoms with Gasteiger partial charge in [-0.25, -0.2) is 8.42 Å². The molecular formula is C26H26N2O6S. The number of morpholine rings is 1. The van der Waals surface area contributed by atoms with E-state index in [1.807, 2.05) is 30.3 Å². The van der Waals surface area contributed by atoms with E-state index in [-0.39, 0.29) is 23.7 Å². The zero-order chi connectivity index (χ0) is 24.7. The molecule has 3 aromatic rings. The summed E-state index contributed by atoms with van der Waals surface area (Å²) in [5, 5.41) is 2.76. The molecule has 0 unspecified atom stereocenters. The fourth-order valence-corrected chi connectivity index (χ4v) is 4.90. The van der Waals surface area contributed by atoms with E-state index < -0.39 is 15.9 Å². The molecule has 9 heteroatoms. The molecule has 4 rings (SSSR count). The van der Waals surface area contributed by atoms with Gasteiger partial charge < -0.3 is 19.5 Å². The van der Waals surface area contributed by atoms with Gasteiger partial charge in [0.2, 0.25) is 15.9 Å². The van der Waals surface area contributed by atoms with Gasteiger partial charge in [0.15, 0.2) is 5.75 Å². The highest BCUT2D eigenvalue weighted by atomic mass is 32.2. The Bertz CT molecular complexity index is 1290. The van der Waals surface area contributed by atoms with Crippen molar-refractivity contribution in [2.75, 3.05) is 38.7 Å². The lowest BCUT2D eigenvalue weighted by molar-refractivity contribution is -0.111. The molecule has 0 aromatic heterocycles. The number of hydrogen-bond donors (Lipinski definition) is 1. The van der Waals surface area contributed by atoms with Crippen LogP contribution >= 0.6 is 0 Å². The van der Waals surface area contributed by atoms with E-state index in [0.29, 0.717) is 30.5 Å². The Labute approximate surface area is 204 Å². The number of sulfonamides is 1. The fourth-order valence-electron chi connectivity index (χ4n) is 3.47. The van der Waals surface area contributed by atoms with Crippen molar-refractivity contribution in [3.63, 3.8) is 0 Å². The first kappa shape index (κ1) is 24.5. The number of ether oxygens (including phenoxy) is 3. The molecule has 1 saturated heterocycles. The van der Waals surface area contributed by atoms with Crippen LogP contribution in [0.3, 0.4) is 0 Å². The van der Waals surface area contributed by atoms with Gasteiger partial charge in [0.25, 0.3) is 0 Å². The Hall–Kier alpha value is -3.66. The number of methoxy groups -OCH3 is 1. The third-order valence-electron chi connectivity index (χ3n) is 5.33. The number of benzene rings is 3. The highest BCUT2D eigenvalue weighted by molar-refractivity contribution is 7.89. The van der Waals surface area contributed by atoms with Crippen LogP contribution in [0.15, 0.2) is 83.8 Å². The third-order valence-corrected chi connectivity index (χ3v) is 7.23. The number of anilines is 1. The SMILES string of the molecule is COc1ccc(/C=C/C(=O)Nc2cc(S(=O)(=O)N3CCOCC3)ccc2Oc2ccccc2)cc1. The number of para-hydroxylation sites is 1. The van der Waals surface area contributed by atoms with Crippen LogP contribution in [0.5, 0.6) is 17.2 Å². The van der Waals surface area contributed by atoms with Gasteiger partial charge in [-0.1, -0.05) is 30.3 Å². The summed E-state index contributed by atoms with van der Waals surface area (Å²) in [4.78, 5) is 12.8. The molecule has 1 N–H and O–H groups in total. The molecule has 0 bridgehead atoms. The molecule has 1 heterocycles. The molecule has 0 atom stereocenters. The Morgan fingerprint density at radius 1 is 0.971 bits per heavy atom. The lowest BCUT2D eigenvalue weighted by Crippen LogP contribution is -2.40. The Balaban J connectivity index is 1.60. The van der Waals surface area contributed by atoms with Gasteiger partial charge in [-0.05, 0) is 54.1 Å². The second kappa shape index (κ2) is 11.2. The number of carbonyl (C=O) groups is 1. The number of hydrogen-bond acceptors (Lipinski definition) is 6. The molecule has 0 radical (unpaired) electrons. The molecule has 0 aliphatic carbocycles. The van der Waals surface area contributed by atoms with Crippen LogP contribution in [-0.4, -0.2) is 52.0 Å². The standard InChI is InChI=1S/C26H26N2O6S/c1-32-21-10-7-20(8-11-21)9-14-26(29)27-24-19-23(35(30,31)28-15-17-33-18-16-28)12-13-25(24)34-22-5-3-2-4-6-22/h2-14,19H,15-18H2,1H3,(H,27,29)/b14-9+. The monoisotopic (exact) mass is 494 g/mol. The van der Waals surface area contributed by atoms with Crippen molar-refractivity contribution in [1.29, 1.82) is 0 Å². The van der Waals surface area contributed by atoms with E-state index in [1.165, 1.54) is 22.5 Å². The van der Waals surface area contributed by atoms with E-state index in [4.69, 9.17) is 14.2 Å². The third kappa shape index (κ3) is 6.27. The number of rotatable bonds is 8. The molecule has 1 amide bonds. The van der Waals surface area contributed by atoms with Crippen LogP contribution in [0.25, 0.3) is 6.08 Å². The predicted molar refractivity (Wildman–Crippen MR) is 133 cm³/mol. The van der Waals surface area contributed by atoms with Crippen molar-refractivity contribution >= 4 is 27.7 Å². The first-order valence-corrected chi connectivity index (χ1v) is 12.5. The van der Waals surface area contributed by atoms with E-state index in [9.17, 15) is 13.2 Å². The van der Waals surface area contributed by atoms with Crippen molar-refractivity contribution in [3.8, 4) is 17.2 Å². The quantitative estimate of drug-likeness (QED) is 0.473. The molecule has 1 fully saturated rings. The van der Waals surface area contributed by atoms with Crippen molar-refractivity contribution in [2.45, 2.75) is 4.90 Å². The number of carbonyl (C=O) groups excluding carboxylic acids is 1. The van der Waals surface area contributed by atoms with Gasteiger partial charge in [0.05, 0.1) is 30.9 Å². The van der Waals surface area contributed by atoms with Crippen molar-refractivity contribution in [1.82, 2.24) is 4.31 Å². The topological polar surface area (TPSA) is 94.2 Å². The largest absolute Gasteiger partial charge is 0.497 e. The van der Waals surface area contributed by atoms with E-state index >= 15 is 0 Å². The summed E-state index contributed by atoms with van der Waals surface area (Å²) < 4.78 is 44.0. The summed E-state index contributed by atoms with van der Waals surface area (Å²) in [6, 6.07) is 20.7. The average molecular weight is 495 g/mol. The number of nitrogens with zero attached hydrogens (tertiary/aromatic N) is 1. The zero-order valence-electron chi connectivity index (χ0n) is 19.2. The van der Waals surface area contributed by atoms with Crippen LogP contribution in [-0.2, 0) is 19.6 Å². The van der Waals surface area contributed by atoms with Crippen LogP contribution in [0.4, 0.5) is 5.69 Å². The van der Waals surface area contributed by atoms with Crippen LogP contribution in [0.2, 0.25) is 0 Å². The summed E-state index contributed by atoms with van der Waals surface area (Å²) in [7, 11) is -2.17. The lowest BCUT2D eigenvalue weighted by Gasteiger charge is -2.26. The van der Waals surface area contributed by atoms with Crippen molar-refractivity contribution in [2.24, 2.45) is 0 Å². The summed E-state index contributed by atoms with van der Waals surface area (Å²) in [6.07, 6.45) is 3.03. The van der Waals surface area contributed by atoms with Gasteiger partial charge in [0, 0.05) is 19.2 Å². The first-order valence-electron chi connectivity index (χ1n) is 11.0. The van der Waals surface area contributed by atoms with Gasteiger partial charge >= 0.3 is 0 Å². The maximum atomic E-state index is 13.2. The molecule has 35 heavy (non-hydrogen) atoms. The van der Waals surface area contributed by atoms with Gasteiger partial charge in [-0.2, -0.15) is 4.31 Å². The summed E-state index contributed by atoms with van der Waals surface area (Å²) >= 11 is 0. The average Bonchev–Trinajstić information content (AvgIpc) is 2.90. The Kier molecular flexibility index (Phi) is 7.81. The highest BCUT2D eigenvalue weighted by Gasteiger charge is 2.27. The second-order valence-electron chi connectivity index (χ2n) is 7.69. The summed E-state index contributed by atoms with van der Waals surface area (Å²) in [5.74, 6) is 1.16. The minimum atomic E-state index is -3.76. The Morgan fingerprint density at radius 3 is 2.37 bits per heavy atom.